The van der Waals surface area contributed by atoms with Crippen LogP contribution in [-0.4, -0.2) is 50.7 Å². The summed E-state index contributed by atoms with van der Waals surface area (Å²) in [4.78, 5) is 41.9. The molecule has 1 aromatic heterocycles. The Morgan fingerprint density at radius 2 is 1.68 bits per heavy atom. The van der Waals surface area contributed by atoms with E-state index in [0.717, 1.165) is 17.5 Å². The summed E-state index contributed by atoms with van der Waals surface area (Å²) in [7, 11) is 0. The molecule has 3 atom stereocenters. The van der Waals surface area contributed by atoms with Gasteiger partial charge in [-0.15, -0.1) is 0 Å². The molecule has 1 heterocycles. The monoisotopic (exact) mass is 549 g/mol. The highest BCUT2D eigenvalue weighted by atomic mass is 16.6. The van der Waals surface area contributed by atoms with Gasteiger partial charge < -0.3 is 20.9 Å². The van der Waals surface area contributed by atoms with Gasteiger partial charge in [0.1, 0.15) is 19.0 Å². The predicted octanol–water partition coefficient (Wildman–Crippen LogP) is 3.12. The lowest BCUT2D eigenvalue weighted by molar-refractivity contribution is -0.131. The van der Waals surface area contributed by atoms with Gasteiger partial charge in [-0.3, -0.25) is 9.59 Å². The molecule has 1 unspecified atom stereocenters. The van der Waals surface area contributed by atoms with E-state index in [4.69, 9.17) is 10.5 Å². The van der Waals surface area contributed by atoms with Gasteiger partial charge >= 0.3 is 6.09 Å². The van der Waals surface area contributed by atoms with E-state index < -0.39 is 30.2 Å². The fourth-order valence-electron chi connectivity index (χ4n) is 4.26. The Bertz CT molecular complexity index is 1220. The molecule has 0 aliphatic rings. The number of imidazole rings is 1. The molecular formula is C30H39N5O5. The first-order chi connectivity index (χ1) is 19.2. The lowest BCUT2D eigenvalue weighted by Gasteiger charge is -2.26. The van der Waals surface area contributed by atoms with Crippen LogP contribution in [0.15, 0.2) is 73.2 Å². The summed E-state index contributed by atoms with van der Waals surface area (Å²) in [6.45, 7) is 4.03. The number of amides is 2. The van der Waals surface area contributed by atoms with E-state index in [-0.39, 0.29) is 31.1 Å². The van der Waals surface area contributed by atoms with Crippen LogP contribution in [0.25, 0.3) is 0 Å². The Kier molecular flexibility index (Phi) is 11.9. The third-order valence-corrected chi connectivity index (χ3v) is 6.33. The molecule has 0 saturated heterocycles. The van der Waals surface area contributed by atoms with Crippen LogP contribution in [0.3, 0.4) is 0 Å². The molecule has 10 heteroatoms. The molecule has 40 heavy (non-hydrogen) atoms. The number of Topliss-reactive ketones (excluding diaryl/α,β-unsaturated/α-hetero) is 1. The number of carbonyl (C=O) groups is 3. The molecule has 0 aliphatic carbocycles. The summed E-state index contributed by atoms with van der Waals surface area (Å²) < 4.78 is 6.51. The van der Waals surface area contributed by atoms with Crippen LogP contribution in [0.4, 0.5) is 4.79 Å². The highest BCUT2D eigenvalue weighted by molar-refractivity contribution is 5.86. The number of carbonyl (C=O) groups excluding carboxylic acids is 3. The summed E-state index contributed by atoms with van der Waals surface area (Å²) >= 11 is 0. The number of ether oxygens (including phenoxy) is 1. The second kappa shape index (κ2) is 15.5. The Balaban J connectivity index is 1.47. The van der Waals surface area contributed by atoms with E-state index in [9.17, 15) is 19.5 Å². The number of hydrogen-bond donors (Lipinski definition) is 4. The van der Waals surface area contributed by atoms with E-state index in [0.29, 0.717) is 18.5 Å². The second-order valence-electron chi connectivity index (χ2n) is 10.3. The highest BCUT2D eigenvalue weighted by Gasteiger charge is 2.29. The van der Waals surface area contributed by atoms with Gasteiger partial charge in [-0.1, -0.05) is 74.5 Å². The quantitative estimate of drug-likeness (QED) is 0.228. The van der Waals surface area contributed by atoms with Crippen molar-refractivity contribution in [3.63, 3.8) is 0 Å². The number of benzene rings is 2. The minimum atomic E-state index is -1.32. The zero-order valence-corrected chi connectivity index (χ0v) is 23.0. The Morgan fingerprint density at radius 1 is 1.02 bits per heavy atom. The van der Waals surface area contributed by atoms with Crippen molar-refractivity contribution >= 4 is 17.8 Å². The summed E-state index contributed by atoms with van der Waals surface area (Å²) in [6, 6.07) is 17.4. The molecular weight excluding hydrogens is 510 g/mol. The van der Waals surface area contributed by atoms with Crippen molar-refractivity contribution in [1.82, 2.24) is 15.0 Å². The SMILES string of the molecule is CC(C)C[C@H](NC(=O)[C@@H](N)Cc1cn(NC(=O)OCc2ccccc2)cn1)C(O)C(=O)CCCc1ccccc1. The maximum absolute atomic E-state index is 12.9. The van der Waals surface area contributed by atoms with Crippen LogP contribution >= 0.6 is 0 Å². The fourth-order valence-corrected chi connectivity index (χ4v) is 4.26. The van der Waals surface area contributed by atoms with Crippen molar-refractivity contribution in [3.8, 4) is 0 Å². The van der Waals surface area contributed by atoms with Gasteiger partial charge in [0.05, 0.1) is 17.8 Å². The second-order valence-corrected chi connectivity index (χ2v) is 10.3. The largest absolute Gasteiger partial charge is 0.443 e. The maximum Gasteiger partial charge on any atom is 0.426 e. The number of aromatic nitrogens is 2. The summed E-state index contributed by atoms with van der Waals surface area (Å²) in [6.07, 6.45) is 3.01. The first kappa shape index (κ1) is 30.5. The minimum Gasteiger partial charge on any atom is -0.443 e. The van der Waals surface area contributed by atoms with Crippen molar-refractivity contribution in [3.05, 3.63) is 90.0 Å². The third-order valence-electron chi connectivity index (χ3n) is 6.33. The van der Waals surface area contributed by atoms with Crippen LogP contribution in [-0.2, 0) is 33.8 Å². The number of hydrogen-bond acceptors (Lipinski definition) is 7. The highest BCUT2D eigenvalue weighted by Crippen LogP contribution is 2.13. The van der Waals surface area contributed by atoms with Gasteiger partial charge in [0.25, 0.3) is 0 Å². The number of nitrogens with zero attached hydrogens (tertiary/aromatic N) is 2. The molecule has 0 fully saturated rings. The Morgan fingerprint density at radius 3 is 2.33 bits per heavy atom. The number of aliphatic hydroxyl groups is 1. The van der Waals surface area contributed by atoms with Gasteiger partial charge in [-0.05, 0) is 36.3 Å². The zero-order valence-electron chi connectivity index (χ0n) is 23.0. The third kappa shape index (κ3) is 10.3. The minimum absolute atomic E-state index is 0.0924. The van der Waals surface area contributed by atoms with Gasteiger partial charge in [-0.2, -0.15) is 0 Å². The van der Waals surface area contributed by atoms with Crippen LogP contribution in [0.1, 0.15) is 49.9 Å². The molecule has 0 spiro atoms. The normalized spacial score (nSPS) is 13.3. The van der Waals surface area contributed by atoms with Crippen molar-refractivity contribution in [2.75, 3.05) is 5.43 Å². The van der Waals surface area contributed by atoms with Gasteiger partial charge in [0.15, 0.2) is 5.78 Å². The molecule has 5 N–H and O–H groups in total. The van der Waals surface area contributed by atoms with Crippen LogP contribution in [0.2, 0.25) is 0 Å². The molecule has 0 saturated carbocycles. The van der Waals surface area contributed by atoms with Crippen molar-refractivity contribution < 1.29 is 24.2 Å². The summed E-state index contributed by atoms with van der Waals surface area (Å²) in [5.74, 6) is -0.664. The average molecular weight is 550 g/mol. The van der Waals surface area contributed by atoms with E-state index in [1.807, 2.05) is 74.5 Å². The van der Waals surface area contributed by atoms with Crippen LogP contribution < -0.4 is 16.5 Å². The van der Waals surface area contributed by atoms with Crippen LogP contribution in [0.5, 0.6) is 0 Å². The fraction of sp³-hybridized carbons (Fsp3) is 0.400. The van der Waals surface area contributed by atoms with E-state index in [1.165, 1.54) is 17.2 Å². The Hall–Kier alpha value is -4.02. The molecule has 0 aliphatic heterocycles. The van der Waals surface area contributed by atoms with E-state index in [2.05, 4.69) is 15.7 Å². The van der Waals surface area contributed by atoms with Crippen molar-refractivity contribution in [2.45, 2.75) is 70.7 Å². The topological polar surface area (TPSA) is 149 Å². The first-order valence-corrected chi connectivity index (χ1v) is 13.5. The number of aryl methyl sites for hydroxylation is 1. The lowest BCUT2D eigenvalue weighted by atomic mass is 9.94. The lowest BCUT2D eigenvalue weighted by Crippen LogP contribution is -2.52. The predicted molar refractivity (Wildman–Crippen MR) is 152 cm³/mol. The number of nitrogens with two attached hydrogens (primary N) is 1. The van der Waals surface area contributed by atoms with Crippen LogP contribution in [0, 0.1) is 5.92 Å². The first-order valence-electron chi connectivity index (χ1n) is 13.5. The number of rotatable bonds is 15. The van der Waals surface area contributed by atoms with Crippen molar-refractivity contribution in [2.24, 2.45) is 11.7 Å². The molecule has 3 rings (SSSR count). The van der Waals surface area contributed by atoms with E-state index >= 15 is 0 Å². The molecule has 0 bridgehead atoms. The summed E-state index contributed by atoms with van der Waals surface area (Å²) in [5.41, 5.74) is 11.1. The molecule has 0 radical (unpaired) electrons. The summed E-state index contributed by atoms with van der Waals surface area (Å²) in [5, 5.41) is 13.5. The standard InChI is InChI=1S/C30H39N5O5/c1-21(2)16-26(28(37)27(36)15-9-14-22-10-5-3-6-11-22)33-29(38)25(31)17-24-18-35(20-32-24)34-30(39)40-19-23-12-7-4-8-13-23/h3-8,10-13,18,20-21,25-26,28,37H,9,14-17,19,31H2,1-2H3,(H,33,38)(H,34,39)/t25-,26-,28?/m0/s1. The van der Waals surface area contributed by atoms with Crippen molar-refractivity contribution in [1.29, 1.82) is 0 Å². The molecule has 10 nitrogen and oxygen atoms in total. The van der Waals surface area contributed by atoms with Gasteiger partial charge in [-0.25, -0.2) is 19.9 Å². The zero-order chi connectivity index (χ0) is 28.9. The molecule has 3 aromatic rings. The smallest absolute Gasteiger partial charge is 0.426 e. The molecule has 2 amide bonds. The number of aliphatic hydroxyl groups excluding tert-OH is 1. The van der Waals surface area contributed by atoms with Gasteiger partial charge in [0, 0.05) is 19.0 Å². The molecule has 2 aromatic carbocycles. The molecule has 214 valence electrons. The van der Waals surface area contributed by atoms with E-state index in [1.54, 1.807) is 0 Å². The Labute approximate surface area is 234 Å². The number of nitrogens with one attached hydrogen (secondary N) is 2. The number of ketones is 1. The maximum atomic E-state index is 12.9. The average Bonchev–Trinajstić information content (AvgIpc) is 3.38. The van der Waals surface area contributed by atoms with Gasteiger partial charge in [0.2, 0.25) is 5.91 Å².